The van der Waals surface area contributed by atoms with Crippen LogP contribution >= 0.6 is 0 Å². The van der Waals surface area contributed by atoms with Crippen molar-refractivity contribution in [1.29, 1.82) is 0 Å². The van der Waals surface area contributed by atoms with Gasteiger partial charge in [-0.1, -0.05) is 30.3 Å². The molecule has 6 heteroatoms. The lowest BCUT2D eigenvalue weighted by Crippen LogP contribution is -2.56. The van der Waals surface area contributed by atoms with Gasteiger partial charge in [-0.3, -0.25) is 0 Å². The second-order valence-electron chi connectivity index (χ2n) is 7.71. The number of benzene rings is 1. The van der Waals surface area contributed by atoms with Gasteiger partial charge in [-0.2, -0.15) is 0 Å². The number of hydrogen-bond donors (Lipinski definition) is 0. The van der Waals surface area contributed by atoms with Gasteiger partial charge in [0.25, 0.3) is 0 Å². The van der Waals surface area contributed by atoms with E-state index >= 15 is 0 Å². The Labute approximate surface area is 148 Å². The van der Waals surface area contributed by atoms with Crippen LogP contribution in [-0.2, 0) is 35.0 Å². The normalized spacial score (nSPS) is 38.3. The third kappa shape index (κ3) is 3.60. The molecule has 138 valence electrons. The first-order valence-corrected chi connectivity index (χ1v) is 8.81. The van der Waals surface area contributed by atoms with Crippen molar-refractivity contribution in [2.75, 3.05) is 6.61 Å². The molecule has 4 rings (SSSR count). The summed E-state index contributed by atoms with van der Waals surface area (Å²) in [5.74, 6) is -1.38. The molecule has 0 saturated carbocycles. The lowest BCUT2D eigenvalue weighted by Gasteiger charge is -2.37. The molecule has 4 unspecified atom stereocenters. The Kier molecular flexibility index (Phi) is 4.38. The van der Waals surface area contributed by atoms with Crippen LogP contribution in [0.2, 0.25) is 0 Å². The van der Waals surface area contributed by atoms with Crippen LogP contribution in [-0.4, -0.2) is 48.9 Å². The summed E-state index contributed by atoms with van der Waals surface area (Å²) in [5.41, 5.74) is 1.12. The smallest absolute Gasteiger partial charge is 0.190 e. The van der Waals surface area contributed by atoms with Gasteiger partial charge in [-0.15, -0.1) is 0 Å². The van der Waals surface area contributed by atoms with Gasteiger partial charge in [0.05, 0.1) is 13.2 Å². The van der Waals surface area contributed by atoms with Gasteiger partial charge in [0.2, 0.25) is 0 Å². The van der Waals surface area contributed by atoms with E-state index in [0.29, 0.717) is 13.2 Å². The molecule has 0 amide bonds. The summed E-state index contributed by atoms with van der Waals surface area (Å²) < 4.78 is 36.0. The van der Waals surface area contributed by atoms with Crippen molar-refractivity contribution >= 4 is 0 Å². The van der Waals surface area contributed by atoms with E-state index in [9.17, 15) is 0 Å². The predicted molar refractivity (Wildman–Crippen MR) is 88.6 cm³/mol. The van der Waals surface area contributed by atoms with Crippen LogP contribution in [0.1, 0.15) is 33.3 Å². The van der Waals surface area contributed by atoms with Gasteiger partial charge >= 0.3 is 0 Å². The Bertz CT molecular complexity index is 601. The number of hydrogen-bond acceptors (Lipinski definition) is 6. The maximum Gasteiger partial charge on any atom is 0.190 e. The van der Waals surface area contributed by atoms with Crippen LogP contribution in [0.25, 0.3) is 0 Å². The second kappa shape index (κ2) is 6.30. The Morgan fingerprint density at radius 1 is 0.840 bits per heavy atom. The highest BCUT2D eigenvalue weighted by atomic mass is 16.9. The van der Waals surface area contributed by atoms with E-state index in [4.69, 9.17) is 28.4 Å². The first-order chi connectivity index (χ1) is 11.8. The van der Waals surface area contributed by atoms with E-state index in [0.717, 1.165) is 5.56 Å². The quantitative estimate of drug-likeness (QED) is 0.832. The molecule has 1 aromatic rings. The van der Waals surface area contributed by atoms with Gasteiger partial charge in [0, 0.05) is 0 Å². The minimum absolute atomic E-state index is 0.235. The molecular weight excluding hydrogens is 324 g/mol. The minimum Gasteiger partial charge on any atom is -0.374 e. The molecule has 5 atom stereocenters. The maximum absolute atomic E-state index is 6.11. The van der Waals surface area contributed by atoms with Crippen LogP contribution in [0.3, 0.4) is 0 Å². The average Bonchev–Trinajstić information content (AvgIpc) is 3.03. The topological polar surface area (TPSA) is 55.4 Å². The van der Waals surface area contributed by atoms with Crippen molar-refractivity contribution in [2.24, 2.45) is 0 Å². The fourth-order valence-electron chi connectivity index (χ4n) is 3.69. The van der Waals surface area contributed by atoms with E-state index in [1.165, 1.54) is 0 Å². The van der Waals surface area contributed by atoms with Crippen LogP contribution in [0.4, 0.5) is 0 Å². The highest BCUT2D eigenvalue weighted by Gasteiger charge is 2.60. The van der Waals surface area contributed by atoms with E-state index in [-0.39, 0.29) is 24.4 Å². The molecule has 3 aliphatic heterocycles. The SMILES string of the molecule is CC1(C)OC2OC(COCc3ccccc3)C3OC(C)(C)O[C@H]3C2O1. The largest absolute Gasteiger partial charge is 0.374 e. The van der Waals surface area contributed by atoms with Crippen molar-refractivity contribution < 1.29 is 28.4 Å². The Morgan fingerprint density at radius 3 is 2.24 bits per heavy atom. The summed E-state index contributed by atoms with van der Waals surface area (Å²) in [6.45, 7) is 8.51. The minimum atomic E-state index is -0.699. The first kappa shape index (κ1) is 17.4. The lowest BCUT2D eigenvalue weighted by atomic mass is 9.99. The standard InChI is InChI=1S/C19H26O6/c1-18(2)22-14-13(11-20-10-12-8-6-5-7-9-12)21-17-16(15(14)23-18)24-19(3,4)25-17/h5-9,13-17H,10-11H2,1-4H3/t13?,14?,15-,16?,17?/m1/s1. The number of fused-ring (bicyclic) bond motifs is 3. The third-order valence-corrected chi connectivity index (χ3v) is 4.64. The molecule has 6 nitrogen and oxygen atoms in total. The summed E-state index contributed by atoms with van der Waals surface area (Å²) in [7, 11) is 0. The molecule has 1 aromatic carbocycles. The molecule has 0 aromatic heterocycles. The summed E-state index contributed by atoms with van der Waals surface area (Å²) in [5, 5.41) is 0. The van der Waals surface area contributed by atoms with Crippen LogP contribution in [0.15, 0.2) is 30.3 Å². The van der Waals surface area contributed by atoms with Crippen LogP contribution in [0.5, 0.6) is 0 Å². The molecule has 0 N–H and O–H groups in total. The second-order valence-corrected chi connectivity index (χ2v) is 7.71. The molecule has 3 fully saturated rings. The van der Waals surface area contributed by atoms with E-state index < -0.39 is 17.9 Å². The lowest BCUT2D eigenvalue weighted by molar-refractivity contribution is -0.243. The summed E-state index contributed by atoms with van der Waals surface area (Å²) in [6, 6.07) is 10.1. The molecule has 3 heterocycles. The highest BCUT2D eigenvalue weighted by Crippen LogP contribution is 2.44. The maximum atomic E-state index is 6.11. The number of ether oxygens (including phenoxy) is 6. The van der Waals surface area contributed by atoms with E-state index in [1.807, 2.05) is 58.0 Å². The van der Waals surface area contributed by atoms with Crippen molar-refractivity contribution in [3.05, 3.63) is 35.9 Å². The molecule has 3 saturated heterocycles. The van der Waals surface area contributed by atoms with E-state index in [2.05, 4.69) is 0 Å². The van der Waals surface area contributed by atoms with Gasteiger partial charge in [0.1, 0.15) is 24.4 Å². The molecular formula is C19H26O6. The van der Waals surface area contributed by atoms with Crippen molar-refractivity contribution in [1.82, 2.24) is 0 Å². The van der Waals surface area contributed by atoms with Crippen molar-refractivity contribution in [3.63, 3.8) is 0 Å². The monoisotopic (exact) mass is 350 g/mol. The Balaban J connectivity index is 1.44. The zero-order valence-electron chi connectivity index (χ0n) is 15.1. The Morgan fingerprint density at radius 2 is 1.48 bits per heavy atom. The summed E-state index contributed by atoms with van der Waals surface area (Å²) in [4.78, 5) is 0. The van der Waals surface area contributed by atoms with Crippen LogP contribution < -0.4 is 0 Å². The predicted octanol–water partition coefficient (Wildman–Crippen LogP) is 2.60. The molecule has 0 bridgehead atoms. The molecule has 0 aliphatic carbocycles. The van der Waals surface area contributed by atoms with Crippen LogP contribution in [0, 0.1) is 0 Å². The Hall–Kier alpha value is -1.02. The summed E-state index contributed by atoms with van der Waals surface area (Å²) >= 11 is 0. The van der Waals surface area contributed by atoms with Crippen molar-refractivity contribution in [3.8, 4) is 0 Å². The van der Waals surface area contributed by atoms with Gasteiger partial charge in [-0.05, 0) is 33.3 Å². The molecule has 3 aliphatic rings. The third-order valence-electron chi connectivity index (χ3n) is 4.64. The zero-order valence-corrected chi connectivity index (χ0v) is 15.1. The van der Waals surface area contributed by atoms with Gasteiger partial charge in [0.15, 0.2) is 17.9 Å². The molecule has 0 spiro atoms. The summed E-state index contributed by atoms with van der Waals surface area (Å²) in [6.07, 6.45) is -1.52. The fourth-order valence-corrected chi connectivity index (χ4v) is 3.69. The molecule has 25 heavy (non-hydrogen) atoms. The van der Waals surface area contributed by atoms with Gasteiger partial charge in [-0.25, -0.2) is 0 Å². The highest BCUT2D eigenvalue weighted by molar-refractivity contribution is 5.13. The first-order valence-electron chi connectivity index (χ1n) is 8.81. The fraction of sp³-hybridized carbons (Fsp3) is 0.684. The average molecular weight is 350 g/mol. The zero-order chi connectivity index (χ0) is 17.7. The molecule has 0 radical (unpaired) electrons. The van der Waals surface area contributed by atoms with E-state index in [1.54, 1.807) is 0 Å². The van der Waals surface area contributed by atoms with Crippen molar-refractivity contribution in [2.45, 2.75) is 76.6 Å². The number of rotatable bonds is 4. The van der Waals surface area contributed by atoms with Gasteiger partial charge < -0.3 is 28.4 Å².